The van der Waals surface area contributed by atoms with Crippen molar-refractivity contribution in [2.24, 2.45) is 5.73 Å². The van der Waals surface area contributed by atoms with Gasteiger partial charge in [0.2, 0.25) is 17.7 Å². The Balaban J connectivity index is 1.95. The van der Waals surface area contributed by atoms with E-state index in [4.69, 9.17) is 5.73 Å². The number of rotatable bonds is 6. The molecule has 2 rings (SSSR count). The van der Waals surface area contributed by atoms with Crippen LogP contribution < -0.4 is 10.6 Å². The number of thiophene rings is 1. The van der Waals surface area contributed by atoms with Crippen molar-refractivity contribution >= 4 is 40.1 Å². The Hall–Kier alpha value is -2.45. The molecular formula is C17H22N4O3S. The summed E-state index contributed by atoms with van der Waals surface area (Å²) < 4.78 is 0. The summed E-state index contributed by atoms with van der Waals surface area (Å²) in [5.74, 6) is -0.778. The fourth-order valence-electron chi connectivity index (χ4n) is 2.31. The number of anilines is 1. The van der Waals surface area contributed by atoms with Crippen LogP contribution >= 0.6 is 11.3 Å². The number of carbonyl (C=O) groups is 3. The lowest BCUT2D eigenvalue weighted by molar-refractivity contribution is -0.133. The van der Waals surface area contributed by atoms with Crippen molar-refractivity contribution in [1.82, 2.24) is 9.80 Å². The Bertz CT molecular complexity index is 709. The molecule has 0 bridgehead atoms. The topological polar surface area (TPSA) is 86.9 Å². The van der Waals surface area contributed by atoms with Gasteiger partial charge in [0.1, 0.15) is 6.54 Å². The van der Waals surface area contributed by atoms with Gasteiger partial charge in [0.25, 0.3) is 0 Å². The van der Waals surface area contributed by atoms with Gasteiger partial charge in [0.05, 0.1) is 5.00 Å². The highest BCUT2D eigenvalue weighted by atomic mass is 32.1. The van der Waals surface area contributed by atoms with Gasteiger partial charge in [0, 0.05) is 36.7 Å². The smallest absolute Gasteiger partial charge is 0.247 e. The second-order valence-electron chi connectivity index (χ2n) is 5.88. The van der Waals surface area contributed by atoms with Gasteiger partial charge in [-0.05, 0) is 32.3 Å². The van der Waals surface area contributed by atoms with E-state index < -0.39 is 5.91 Å². The van der Waals surface area contributed by atoms with Crippen LogP contribution in [-0.4, -0.2) is 67.8 Å². The number of primary amides is 1. The summed E-state index contributed by atoms with van der Waals surface area (Å²) in [4.78, 5) is 41.3. The summed E-state index contributed by atoms with van der Waals surface area (Å²) in [7, 11) is 3.84. The Kier molecular flexibility index (Phi) is 6.49. The van der Waals surface area contributed by atoms with Crippen LogP contribution in [0.3, 0.4) is 0 Å². The number of hydrogen-bond acceptors (Lipinski definition) is 5. The largest absolute Gasteiger partial charge is 0.366 e. The minimum atomic E-state index is -0.513. The highest BCUT2D eigenvalue weighted by Crippen LogP contribution is 2.28. The SMILES string of the molecule is CN(C)CC=CC(=O)N1CCN(c2ccc(C=CC(N)=O)s2)C(=O)C1. The van der Waals surface area contributed by atoms with E-state index in [9.17, 15) is 14.4 Å². The van der Waals surface area contributed by atoms with Gasteiger partial charge in [-0.1, -0.05) is 6.08 Å². The monoisotopic (exact) mass is 362 g/mol. The van der Waals surface area contributed by atoms with E-state index in [2.05, 4.69) is 0 Å². The zero-order valence-corrected chi connectivity index (χ0v) is 15.2. The summed E-state index contributed by atoms with van der Waals surface area (Å²) in [5, 5.41) is 0.796. The van der Waals surface area contributed by atoms with Crippen LogP contribution in [0.15, 0.2) is 30.4 Å². The molecule has 1 fully saturated rings. The van der Waals surface area contributed by atoms with Gasteiger partial charge in [0.15, 0.2) is 0 Å². The minimum absolute atomic E-state index is 0.0650. The molecule has 0 radical (unpaired) electrons. The van der Waals surface area contributed by atoms with E-state index in [1.54, 1.807) is 22.0 Å². The van der Waals surface area contributed by atoms with Crippen molar-refractivity contribution < 1.29 is 14.4 Å². The molecule has 8 heteroatoms. The predicted octanol–water partition coefficient (Wildman–Crippen LogP) is 0.540. The lowest BCUT2D eigenvalue weighted by Gasteiger charge is -2.33. The van der Waals surface area contributed by atoms with Gasteiger partial charge >= 0.3 is 0 Å². The normalized spacial score (nSPS) is 15.7. The summed E-state index contributed by atoms with van der Waals surface area (Å²) in [6, 6.07) is 3.66. The average molecular weight is 362 g/mol. The van der Waals surface area contributed by atoms with Crippen LogP contribution in [0.25, 0.3) is 6.08 Å². The number of likely N-dealkylation sites (N-methyl/N-ethyl adjacent to an activating group) is 1. The van der Waals surface area contributed by atoms with Gasteiger partial charge in [-0.25, -0.2) is 0 Å². The Labute approximate surface area is 151 Å². The molecule has 25 heavy (non-hydrogen) atoms. The molecule has 1 aromatic heterocycles. The summed E-state index contributed by atoms with van der Waals surface area (Å²) in [5.41, 5.74) is 5.08. The second kappa shape index (κ2) is 8.59. The number of piperazine rings is 1. The number of amides is 3. The maximum Gasteiger partial charge on any atom is 0.247 e. The molecule has 0 aliphatic carbocycles. The van der Waals surface area contributed by atoms with Gasteiger partial charge in [-0.2, -0.15) is 0 Å². The quantitative estimate of drug-likeness (QED) is 0.748. The molecule has 134 valence electrons. The van der Waals surface area contributed by atoms with E-state index >= 15 is 0 Å². The van der Waals surface area contributed by atoms with E-state index in [0.717, 1.165) is 9.88 Å². The number of carbonyl (C=O) groups excluding carboxylic acids is 3. The summed E-state index contributed by atoms with van der Waals surface area (Å²) in [6.45, 7) is 1.68. The molecule has 0 atom stereocenters. The Morgan fingerprint density at radius 3 is 2.68 bits per heavy atom. The van der Waals surface area contributed by atoms with Crippen molar-refractivity contribution in [3.63, 3.8) is 0 Å². The highest BCUT2D eigenvalue weighted by molar-refractivity contribution is 7.17. The van der Waals surface area contributed by atoms with Crippen molar-refractivity contribution in [2.75, 3.05) is 45.2 Å². The zero-order valence-electron chi connectivity index (χ0n) is 14.3. The van der Waals surface area contributed by atoms with Crippen molar-refractivity contribution in [1.29, 1.82) is 0 Å². The van der Waals surface area contributed by atoms with Gasteiger partial charge in [-0.3, -0.25) is 14.4 Å². The van der Waals surface area contributed by atoms with Crippen LogP contribution in [0, 0.1) is 0 Å². The third-order valence-electron chi connectivity index (χ3n) is 3.55. The third kappa shape index (κ3) is 5.54. The molecule has 1 aromatic rings. The van der Waals surface area contributed by atoms with E-state index in [-0.39, 0.29) is 18.4 Å². The second-order valence-corrected chi connectivity index (χ2v) is 6.98. The molecule has 7 nitrogen and oxygen atoms in total. The van der Waals surface area contributed by atoms with Gasteiger partial charge < -0.3 is 20.4 Å². The van der Waals surface area contributed by atoms with Crippen LogP contribution in [-0.2, 0) is 14.4 Å². The predicted molar refractivity (Wildman–Crippen MR) is 99.2 cm³/mol. The molecule has 0 aromatic carbocycles. The van der Waals surface area contributed by atoms with E-state index in [1.807, 2.05) is 31.1 Å². The lowest BCUT2D eigenvalue weighted by Crippen LogP contribution is -2.51. The van der Waals surface area contributed by atoms with E-state index in [0.29, 0.717) is 19.6 Å². The van der Waals surface area contributed by atoms with Crippen LogP contribution in [0.1, 0.15) is 4.88 Å². The molecule has 2 heterocycles. The third-order valence-corrected chi connectivity index (χ3v) is 4.63. The first kappa shape index (κ1) is 18.9. The minimum Gasteiger partial charge on any atom is -0.366 e. The van der Waals surface area contributed by atoms with Crippen LogP contribution in [0.2, 0.25) is 0 Å². The Morgan fingerprint density at radius 1 is 1.28 bits per heavy atom. The molecule has 3 amide bonds. The van der Waals surface area contributed by atoms with Crippen molar-refractivity contribution in [2.45, 2.75) is 0 Å². The Morgan fingerprint density at radius 2 is 2.04 bits per heavy atom. The lowest BCUT2D eigenvalue weighted by atomic mass is 10.3. The average Bonchev–Trinajstić information content (AvgIpc) is 3.01. The first-order valence-corrected chi connectivity index (χ1v) is 8.66. The number of nitrogens with zero attached hydrogens (tertiary/aromatic N) is 3. The van der Waals surface area contributed by atoms with Crippen LogP contribution in [0.4, 0.5) is 5.00 Å². The maximum absolute atomic E-state index is 12.4. The first-order chi connectivity index (χ1) is 11.9. The molecule has 1 aliphatic heterocycles. The molecule has 2 N–H and O–H groups in total. The fourth-order valence-corrected chi connectivity index (χ4v) is 3.26. The summed E-state index contributed by atoms with van der Waals surface area (Å²) >= 11 is 1.40. The molecular weight excluding hydrogens is 340 g/mol. The zero-order chi connectivity index (χ0) is 18.4. The fraction of sp³-hybridized carbons (Fsp3) is 0.353. The molecule has 0 saturated carbocycles. The van der Waals surface area contributed by atoms with Crippen LogP contribution in [0.5, 0.6) is 0 Å². The number of nitrogens with two attached hydrogens (primary N) is 1. The first-order valence-electron chi connectivity index (χ1n) is 7.84. The van der Waals surface area contributed by atoms with Crippen molar-refractivity contribution in [3.05, 3.63) is 35.2 Å². The van der Waals surface area contributed by atoms with Gasteiger partial charge in [-0.15, -0.1) is 11.3 Å². The number of hydrogen-bond donors (Lipinski definition) is 1. The van der Waals surface area contributed by atoms with Crippen molar-refractivity contribution in [3.8, 4) is 0 Å². The molecule has 1 aliphatic rings. The molecule has 1 saturated heterocycles. The van der Waals surface area contributed by atoms with E-state index in [1.165, 1.54) is 23.5 Å². The molecule has 0 spiro atoms. The standard InChI is InChI=1S/C17H22N4O3S/c1-19(2)9-3-4-15(23)20-10-11-21(16(24)12-20)17-8-6-13(25-17)5-7-14(18)22/h3-8H,9-12H2,1-2H3,(H2,18,22). The molecule has 0 unspecified atom stereocenters. The maximum atomic E-state index is 12.4. The highest BCUT2D eigenvalue weighted by Gasteiger charge is 2.27. The summed E-state index contributed by atoms with van der Waals surface area (Å²) in [6.07, 6.45) is 6.21.